The molecule has 7 aliphatic rings. The number of alkyl halides is 6. The van der Waals surface area contributed by atoms with Crippen LogP contribution in [-0.2, 0) is 69.1 Å². The largest absolute Gasteiger partial charge is 0.476 e. The van der Waals surface area contributed by atoms with E-state index in [0.29, 0.717) is 60.1 Å². The van der Waals surface area contributed by atoms with E-state index < -0.39 is 151 Å². The highest BCUT2D eigenvalue weighted by Gasteiger charge is 2.60. The first-order valence-electron chi connectivity index (χ1n) is 29.0. The molecule has 28 heteroatoms. The van der Waals surface area contributed by atoms with E-state index in [1.807, 2.05) is 32.1 Å². The van der Waals surface area contributed by atoms with Gasteiger partial charge in [-0.2, -0.15) is 36.7 Å². The van der Waals surface area contributed by atoms with Gasteiger partial charge < -0.3 is 68.4 Å². The third-order valence-electron chi connectivity index (χ3n) is 17.4. The van der Waals surface area contributed by atoms with E-state index in [1.54, 1.807) is 40.2 Å². The Balaban J connectivity index is 0.000000322. The second-order valence-electron chi connectivity index (χ2n) is 23.5. The summed E-state index contributed by atoms with van der Waals surface area (Å²) in [6.07, 6.45) is 3.76. The number of carbonyl (C=O) groups is 1. The van der Waals surface area contributed by atoms with Crippen LogP contribution in [-0.4, -0.2) is 159 Å². The standard InChI is InChI=1S/C48H72O14.C12H4Cl2F6N4OS/c1-11-25(2)43-28(5)17-18-47(62-43)23-34-20-33(61-47)16-15-27(4)42(26(3)13-12-14-32-24-55-45-40(49)29(6)19-35(46(51)58-34)48(32,45)52)59-39-22-37(54-10)44(31(8)57-39)60-38-21-36(53-9)41(50)30(7)56-38;13-5-1-4(11(15,16)17)2-6(14)8(5)24-10(22)9(7(3-21)23-24)26(25)12(18,19)20/h12-15,17-19,25-26,28,30-31,33-45,49-50,52H,11,16,20-24H2,1-10H3;1-2H,22H2/b13-12+,27-15+,32-14+;/t25-,26-,28-,30-,31-,33+,34-,35-,36-,37-,38-,39-,40+,41-,42-,43+,44-,45+,47+,48+;/m0./s1. The number of allylic oxidation sites excluding steroid dienone is 2. The summed E-state index contributed by atoms with van der Waals surface area (Å²) >= 11 is 11.5. The maximum atomic E-state index is 14.3. The number of aromatic nitrogens is 2. The SMILES string of the molecule is CC[C@H](C)[C@H]1O[C@]2(C=C[C@@H]1C)C[C@@H]1C[C@@H](C/C=C(\C)[C@@H](O[C@H]3C[C@H](OC)[C@@H](O[C@H]4C[C@H](OC)[C@@H](O)[C@H](C)O4)[C@H](C)O3)[C@@H](C)/C=C/C=C3\CO[C@@H]4[C@H](O)C(C)=C[C@@H](C(=O)O1)[C@]34O)O2.N#Cc1nn(-c2c(Cl)cc(C(F)(F)F)cc2Cl)c(N)c1S(=O)C(F)(F)F. The van der Waals surface area contributed by atoms with Crippen molar-refractivity contribution in [2.45, 2.75) is 208 Å². The Morgan fingerprint density at radius 3 is 2.20 bits per heavy atom. The summed E-state index contributed by atoms with van der Waals surface area (Å²) < 4.78 is 152. The van der Waals surface area contributed by atoms with Crippen molar-refractivity contribution in [3.05, 3.63) is 92.7 Å². The molecular formula is C60H76Cl2F6N4O15S. The molecule has 21 atom stereocenters. The van der Waals surface area contributed by atoms with E-state index >= 15 is 0 Å². The number of esters is 1. The summed E-state index contributed by atoms with van der Waals surface area (Å²) in [4.78, 5) is 13.2. The van der Waals surface area contributed by atoms with Crippen LogP contribution in [0.2, 0.25) is 10.0 Å². The molecule has 4 fully saturated rings. The number of rotatable bonds is 10. The van der Waals surface area contributed by atoms with Crippen LogP contribution in [0.5, 0.6) is 0 Å². The lowest BCUT2D eigenvalue weighted by Gasteiger charge is -2.48. The quantitative estimate of drug-likeness (QED) is 0.0981. The summed E-state index contributed by atoms with van der Waals surface area (Å²) in [5, 5.41) is 45.3. The van der Waals surface area contributed by atoms with Crippen LogP contribution in [0.3, 0.4) is 0 Å². The predicted octanol–water partition coefficient (Wildman–Crippen LogP) is 9.66. The first-order chi connectivity index (χ1) is 41.3. The van der Waals surface area contributed by atoms with Gasteiger partial charge in [-0.05, 0) is 75.0 Å². The van der Waals surface area contributed by atoms with Gasteiger partial charge in [0.2, 0.25) is 0 Å². The van der Waals surface area contributed by atoms with Gasteiger partial charge >= 0.3 is 17.7 Å². The highest BCUT2D eigenvalue weighted by Crippen LogP contribution is 2.48. The minimum atomic E-state index is -5.25. The molecule has 2 aromatic rings. The predicted molar refractivity (Wildman–Crippen MR) is 307 cm³/mol. The summed E-state index contributed by atoms with van der Waals surface area (Å²) in [7, 11) is -0.486. The van der Waals surface area contributed by atoms with Crippen LogP contribution in [0.4, 0.5) is 32.2 Å². The van der Waals surface area contributed by atoms with Crippen molar-refractivity contribution in [3.8, 4) is 11.8 Å². The van der Waals surface area contributed by atoms with E-state index in [4.69, 9.17) is 81.6 Å². The van der Waals surface area contributed by atoms with Gasteiger partial charge in [-0.25, -0.2) is 8.89 Å². The first kappa shape index (κ1) is 69.6. The van der Waals surface area contributed by atoms with Gasteiger partial charge in [-0.15, -0.1) is 0 Å². The molecular weight excluding hydrogens is 1230 g/mol. The molecule has 5 N–H and O–H groups in total. The van der Waals surface area contributed by atoms with Crippen LogP contribution < -0.4 is 5.73 Å². The number of fused-ring (bicyclic) bond motifs is 2. The topological polar surface area (TPSA) is 255 Å². The highest BCUT2D eigenvalue weighted by atomic mass is 35.5. The van der Waals surface area contributed by atoms with Gasteiger partial charge in [-0.3, -0.25) is 4.79 Å². The molecule has 88 heavy (non-hydrogen) atoms. The average Bonchev–Trinajstić information content (AvgIpc) is 1.59. The number of hydrogen-bond acceptors (Lipinski definition) is 18. The molecule has 4 saturated heterocycles. The van der Waals surface area contributed by atoms with Crippen molar-refractivity contribution in [2.24, 2.45) is 23.7 Å². The van der Waals surface area contributed by atoms with E-state index in [9.17, 15) is 50.7 Å². The number of nitrogen functional groups attached to an aromatic ring is 1. The molecule has 1 aromatic heterocycles. The molecule has 6 aliphatic heterocycles. The molecule has 7 heterocycles. The van der Waals surface area contributed by atoms with Crippen LogP contribution in [0, 0.1) is 35.0 Å². The number of carbonyl (C=O) groups excluding carboxylic acids is 1. The fraction of sp³-hybridized carbons (Fsp3) is 0.650. The Bertz CT molecular complexity index is 3060. The van der Waals surface area contributed by atoms with Gasteiger partial charge in [0.1, 0.15) is 64.5 Å². The first-order valence-corrected chi connectivity index (χ1v) is 30.9. The third-order valence-corrected chi connectivity index (χ3v) is 19.2. The van der Waals surface area contributed by atoms with Gasteiger partial charge in [0.25, 0.3) is 0 Å². The van der Waals surface area contributed by atoms with Crippen LogP contribution in [0.25, 0.3) is 5.69 Å². The Morgan fingerprint density at radius 1 is 0.932 bits per heavy atom. The lowest BCUT2D eigenvalue weighted by atomic mass is 9.71. The lowest BCUT2D eigenvalue weighted by molar-refractivity contribution is -0.318. The van der Waals surface area contributed by atoms with Gasteiger partial charge in [0.15, 0.2) is 34.9 Å². The maximum absolute atomic E-state index is 14.3. The molecule has 1 aliphatic carbocycles. The smallest absolute Gasteiger partial charge is 0.462 e. The van der Waals surface area contributed by atoms with Gasteiger partial charge in [-0.1, -0.05) is 93.8 Å². The zero-order chi connectivity index (χ0) is 64.7. The van der Waals surface area contributed by atoms with Crippen molar-refractivity contribution < 1.29 is 98.0 Å². The molecule has 1 spiro atoms. The Morgan fingerprint density at radius 2 is 1.58 bits per heavy atom. The number of nitriles is 1. The van der Waals surface area contributed by atoms with Crippen molar-refractivity contribution in [1.29, 1.82) is 5.26 Å². The maximum Gasteiger partial charge on any atom is 0.476 e. The minimum Gasteiger partial charge on any atom is -0.462 e. The molecule has 1 unspecified atom stereocenters. The number of aliphatic hydroxyl groups is 3. The fourth-order valence-corrected chi connectivity index (χ4v) is 13.9. The third kappa shape index (κ3) is 14.6. The molecule has 0 amide bonds. The van der Waals surface area contributed by atoms with Gasteiger partial charge in [0, 0.05) is 51.7 Å². The zero-order valence-electron chi connectivity index (χ0n) is 50.1. The molecule has 9 rings (SSSR count). The summed E-state index contributed by atoms with van der Waals surface area (Å²) in [6.45, 7) is 16.1. The van der Waals surface area contributed by atoms with Gasteiger partial charge in [0.05, 0.1) is 64.9 Å². The molecule has 19 nitrogen and oxygen atoms in total. The summed E-state index contributed by atoms with van der Waals surface area (Å²) in [5.74, 6) is -3.47. The number of nitrogens with zero attached hydrogens (tertiary/aromatic N) is 3. The summed E-state index contributed by atoms with van der Waals surface area (Å²) in [6, 6.07) is 2.19. The molecule has 0 saturated carbocycles. The number of anilines is 1. The molecule has 1 aromatic carbocycles. The number of nitrogens with two attached hydrogens (primary N) is 1. The second kappa shape index (κ2) is 27.9. The second-order valence-corrected chi connectivity index (χ2v) is 25.8. The van der Waals surface area contributed by atoms with Crippen LogP contribution in [0.15, 0.2) is 76.3 Å². The minimum absolute atomic E-state index is 0.0317. The monoisotopic (exact) mass is 1310 g/mol. The Labute approximate surface area is 519 Å². The van der Waals surface area contributed by atoms with Crippen molar-refractivity contribution in [1.82, 2.24) is 9.78 Å². The highest BCUT2D eigenvalue weighted by molar-refractivity contribution is 7.86. The average molecular weight is 1310 g/mol. The number of aliphatic hydroxyl groups excluding tert-OH is 2. The van der Waals surface area contributed by atoms with E-state index in [2.05, 4.69) is 44.9 Å². The number of ether oxygens (including phenoxy) is 10. The lowest BCUT2D eigenvalue weighted by Crippen LogP contribution is -2.58. The Kier molecular flexibility index (Phi) is 22.1. The fourth-order valence-electron chi connectivity index (χ4n) is 12.5. The van der Waals surface area contributed by atoms with Crippen molar-refractivity contribution >= 4 is 45.8 Å². The van der Waals surface area contributed by atoms with E-state index in [0.717, 1.165) is 12.0 Å². The number of methoxy groups -OCH3 is 2. The van der Waals surface area contributed by atoms with Crippen LogP contribution >= 0.6 is 23.2 Å². The number of hydrogen-bond donors (Lipinski definition) is 4. The van der Waals surface area contributed by atoms with E-state index in [-0.39, 0.29) is 42.7 Å². The van der Waals surface area contributed by atoms with Crippen molar-refractivity contribution in [2.75, 3.05) is 26.6 Å². The van der Waals surface area contributed by atoms with E-state index in [1.165, 1.54) is 6.07 Å². The van der Waals surface area contributed by atoms with Crippen LogP contribution in [0.1, 0.15) is 105 Å². The summed E-state index contributed by atoms with van der Waals surface area (Å²) in [5.41, 5.74) is -2.29. The molecule has 2 bridgehead atoms. The van der Waals surface area contributed by atoms with Crippen molar-refractivity contribution in [3.63, 3.8) is 0 Å². The number of halogens is 8. The number of benzene rings is 1. The normalized spacial score (nSPS) is 38.6. The molecule has 0 radical (unpaired) electrons. The zero-order valence-corrected chi connectivity index (χ0v) is 52.5. The molecule has 488 valence electrons. The Hall–Kier alpha value is -4.28.